The van der Waals surface area contributed by atoms with E-state index in [-0.39, 0.29) is 11.7 Å². The summed E-state index contributed by atoms with van der Waals surface area (Å²) in [4.78, 5) is 10.7. The zero-order chi connectivity index (χ0) is 9.19. The predicted molar refractivity (Wildman–Crippen MR) is 49.9 cm³/mol. The molecule has 0 aromatic rings. The smallest absolute Gasteiger partial charge is 0.218 e. The minimum atomic E-state index is -0.523. The Labute approximate surface area is 79.3 Å². The van der Waals surface area contributed by atoms with E-state index in [4.69, 9.17) is 5.11 Å². The van der Waals surface area contributed by atoms with Crippen LogP contribution in [-0.2, 0) is 4.79 Å². The van der Waals surface area contributed by atoms with Crippen LogP contribution in [0.25, 0.3) is 0 Å². The van der Waals surface area contributed by atoms with E-state index in [1.54, 1.807) is 18.2 Å². The van der Waals surface area contributed by atoms with E-state index < -0.39 is 4.45 Å². The summed E-state index contributed by atoms with van der Waals surface area (Å²) in [6, 6.07) is 0. The van der Waals surface area contributed by atoms with Crippen molar-refractivity contribution in [2.75, 3.05) is 0 Å². The number of aliphatic hydroxyl groups is 1. The maximum atomic E-state index is 10.7. The first-order chi connectivity index (χ1) is 5.52. The van der Waals surface area contributed by atoms with Crippen molar-refractivity contribution in [3.63, 3.8) is 0 Å². The molecule has 3 nitrogen and oxygen atoms in total. The second kappa shape index (κ2) is 3.31. The highest BCUT2D eigenvalue weighted by Crippen LogP contribution is 2.26. The van der Waals surface area contributed by atoms with Gasteiger partial charge in [0.15, 0.2) is 0 Å². The monoisotopic (exact) mass is 231 g/mol. The standard InChI is InChI=1S/C8H10BrNO2/c1-6(11)10-8(9)4-2-7(12)3-5-8/h2-4,12H,5H2,1H3,(H,10,11). The third-order valence-corrected chi connectivity index (χ3v) is 2.30. The Bertz CT molecular complexity index is 260. The van der Waals surface area contributed by atoms with Gasteiger partial charge in [0.05, 0.1) is 0 Å². The lowest BCUT2D eigenvalue weighted by atomic mass is 10.1. The number of hydrogen-bond donors (Lipinski definition) is 2. The molecule has 0 fully saturated rings. The number of rotatable bonds is 1. The third-order valence-electron chi connectivity index (χ3n) is 1.51. The SMILES string of the molecule is CC(=O)NC1(Br)C=CC(O)=CC1. The number of amides is 1. The quantitative estimate of drug-likeness (QED) is 0.533. The van der Waals surface area contributed by atoms with E-state index in [1.165, 1.54) is 6.92 Å². The molecular formula is C8H10BrNO2. The number of aliphatic hydroxyl groups excluding tert-OH is 1. The van der Waals surface area contributed by atoms with Gasteiger partial charge >= 0.3 is 0 Å². The lowest BCUT2D eigenvalue weighted by molar-refractivity contribution is -0.119. The molecule has 0 spiro atoms. The van der Waals surface area contributed by atoms with Crippen molar-refractivity contribution >= 4 is 21.8 Å². The lowest BCUT2D eigenvalue weighted by Crippen LogP contribution is -2.40. The van der Waals surface area contributed by atoms with Gasteiger partial charge in [0.1, 0.15) is 10.2 Å². The van der Waals surface area contributed by atoms with Gasteiger partial charge in [0.25, 0.3) is 0 Å². The molecule has 1 aliphatic carbocycles. The molecule has 1 amide bonds. The summed E-state index contributed by atoms with van der Waals surface area (Å²) in [7, 11) is 0. The highest BCUT2D eigenvalue weighted by atomic mass is 79.9. The second-order valence-corrected chi connectivity index (χ2v) is 4.13. The van der Waals surface area contributed by atoms with Crippen molar-refractivity contribution in [2.24, 2.45) is 0 Å². The van der Waals surface area contributed by atoms with Crippen LogP contribution in [0.5, 0.6) is 0 Å². The van der Waals surface area contributed by atoms with Crippen LogP contribution >= 0.6 is 15.9 Å². The summed E-state index contributed by atoms with van der Waals surface area (Å²) in [5.41, 5.74) is 0. The molecule has 0 saturated heterocycles. The number of nitrogens with one attached hydrogen (secondary N) is 1. The highest BCUT2D eigenvalue weighted by Gasteiger charge is 2.25. The van der Waals surface area contributed by atoms with E-state index >= 15 is 0 Å². The molecule has 66 valence electrons. The Morgan fingerprint density at radius 2 is 2.50 bits per heavy atom. The topological polar surface area (TPSA) is 49.3 Å². The van der Waals surface area contributed by atoms with Crippen LogP contribution in [0.15, 0.2) is 24.0 Å². The predicted octanol–water partition coefficient (Wildman–Crippen LogP) is 1.62. The summed E-state index contributed by atoms with van der Waals surface area (Å²) in [5.74, 6) is 0.127. The van der Waals surface area contributed by atoms with E-state index in [9.17, 15) is 4.79 Å². The summed E-state index contributed by atoms with van der Waals surface area (Å²) in [5, 5.41) is 11.7. The van der Waals surface area contributed by atoms with Crippen molar-refractivity contribution in [3.05, 3.63) is 24.0 Å². The lowest BCUT2D eigenvalue weighted by Gasteiger charge is -2.25. The van der Waals surface area contributed by atoms with Crippen LogP contribution in [0.3, 0.4) is 0 Å². The van der Waals surface area contributed by atoms with Crippen LogP contribution in [0, 0.1) is 0 Å². The number of carbonyl (C=O) groups excluding carboxylic acids is 1. The Hall–Kier alpha value is -0.770. The van der Waals surface area contributed by atoms with Crippen molar-refractivity contribution in [1.29, 1.82) is 0 Å². The third kappa shape index (κ3) is 2.37. The molecule has 0 radical (unpaired) electrons. The van der Waals surface area contributed by atoms with Crippen molar-refractivity contribution in [2.45, 2.75) is 17.8 Å². The molecule has 0 bridgehead atoms. The Morgan fingerprint density at radius 1 is 1.83 bits per heavy atom. The maximum absolute atomic E-state index is 10.7. The average Bonchev–Trinajstić information content (AvgIpc) is 1.94. The first-order valence-corrected chi connectivity index (χ1v) is 4.37. The minimum Gasteiger partial charge on any atom is -0.508 e. The van der Waals surface area contributed by atoms with Gasteiger partial charge in [-0.1, -0.05) is 15.9 Å². The normalized spacial score (nSPS) is 28.0. The summed E-state index contributed by atoms with van der Waals surface area (Å²) < 4.78 is -0.523. The summed E-state index contributed by atoms with van der Waals surface area (Å²) in [6.45, 7) is 1.45. The van der Waals surface area contributed by atoms with Crippen LogP contribution < -0.4 is 5.32 Å². The minimum absolute atomic E-state index is 0.105. The molecular weight excluding hydrogens is 222 g/mol. The van der Waals surface area contributed by atoms with Gasteiger partial charge in [-0.2, -0.15) is 0 Å². The Morgan fingerprint density at radius 3 is 2.92 bits per heavy atom. The van der Waals surface area contributed by atoms with Gasteiger partial charge in [-0.3, -0.25) is 4.79 Å². The molecule has 0 aromatic heterocycles. The van der Waals surface area contributed by atoms with Gasteiger partial charge in [-0.15, -0.1) is 0 Å². The molecule has 1 atom stereocenters. The Balaban J connectivity index is 2.65. The number of hydrogen-bond acceptors (Lipinski definition) is 2. The number of alkyl halides is 1. The van der Waals surface area contributed by atoms with Gasteiger partial charge in [-0.05, 0) is 18.2 Å². The fourth-order valence-corrected chi connectivity index (χ4v) is 1.57. The molecule has 1 aliphatic rings. The number of halogens is 1. The first-order valence-electron chi connectivity index (χ1n) is 3.58. The van der Waals surface area contributed by atoms with E-state index in [0.29, 0.717) is 6.42 Å². The van der Waals surface area contributed by atoms with Crippen molar-refractivity contribution in [1.82, 2.24) is 5.32 Å². The second-order valence-electron chi connectivity index (χ2n) is 2.71. The van der Waals surface area contributed by atoms with Crippen molar-refractivity contribution < 1.29 is 9.90 Å². The molecule has 1 unspecified atom stereocenters. The number of allylic oxidation sites excluding steroid dienone is 1. The van der Waals surface area contributed by atoms with Crippen LogP contribution in [0.2, 0.25) is 0 Å². The molecule has 0 saturated carbocycles. The fraction of sp³-hybridized carbons (Fsp3) is 0.375. The maximum Gasteiger partial charge on any atom is 0.218 e. The highest BCUT2D eigenvalue weighted by molar-refractivity contribution is 9.10. The molecule has 1 rings (SSSR count). The summed E-state index contributed by atoms with van der Waals surface area (Å²) >= 11 is 3.35. The Kier molecular flexibility index (Phi) is 2.57. The van der Waals surface area contributed by atoms with Gasteiger partial charge in [0.2, 0.25) is 5.91 Å². The molecule has 0 heterocycles. The largest absolute Gasteiger partial charge is 0.508 e. The first kappa shape index (κ1) is 9.32. The van der Waals surface area contributed by atoms with Gasteiger partial charge < -0.3 is 10.4 Å². The molecule has 0 aliphatic heterocycles. The zero-order valence-corrected chi connectivity index (χ0v) is 8.26. The van der Waals surface area contributed by atoms with Gasteiger partial charge in [-0.25, -0.2) is 0 Å². The molecule has 0 aromatic carbocycles. The zero-order valence-electron chi connectivity index (χ0n) is 6.67. The van der Waals surface area contributed by atoms with Crippen LogP contribution in [0.1, 0.15) is 13.3 Å². The fourth-order valence-electron chi connectivity index (χ4n) is 0.992. The summed E-state index contributed by atoms with van der Waals surface area (Å²) in [6.07, 6.45) is 5.46. The molecule has 12 heavy (non-hydrogen) atoms. The van der Waals surface area contributed by atoms with Gasteiger partial charge in [0, 0.05) is 13.3 Å². The van der Waals surface area contributed by atoms with Crippen LogP contribution in [-0.4, -0.2) is 15.5 Å². The average molecular weight is 232 g/mol. The van der Waals surface area contributed by atoms with E-state index in [0.717, 1.165) is 0 Å². The molecule has 2 N–H and O–H groups in total. The number of carbonyl (C=O) groups is 1. The van der Waals surface area contributed by atoms with Crippen LogP contribution in [0.4, 0.5) is 0 Å². The molecule has 4 heteroatoms. The van der Waals surface area contributed by atoms with Crippen molar-refractivity contribution in [3.8, 4) is 0 Å². The van der Waals surface area contributed by atoms with E-state index in [2.05, 4.69) is 21.2 Å². The van der Waals surface area contributed by atoms with E-state index in [1.807, 2.05) is 0 Å².